The third-order valence-corrected chi connectivity index (χ3v) is 29.5. The number of pyridine rings is 3. The van der Waals surface area contributed by atoms with Gasteiger partial charge in [0, 0.05) is 205 Å². The Bertz CT molecular complexity index is 6590. The minimum absolute atomic E-state index is 0.000309. The third-order valence-electron chi connectivity index (χ3n) is 27.3. The predicted molar refractivity (Wildman–Crippen MR) is 562 cm³/mol. The second-order valence-electron chi connectivity index (χ2n) is 36.0. The molecule has 6 fully saturated rings. The van der Waals surface area contributed by atoms with E-state index in [1.807, 2.05) is 21.1 Å². The van der Waals surface area contributed by atoms with Crippen LogP contribution in [0.1, 0.15) is 64.7 Å². The molecule has 0 spiro atoms. The molecule has 145 heavy (non-hydrogen) atoms. The van der Waals surface area contributed by atoms with Gasteiger partial charge < -0.3 is 78.2 Å². The molecule has 42 heteroatoms. The fourth-order valence-electron chi connectivity index (χ4n) is 19.0. The highest BCUT2D eigenvalue weighted by molar-refractivity contribution is 6.43. The van der Waals surface area contributed by atoms with Crippen LogP contribution >= 0.6 is 69.6 Å². The van der Waals surface area contributed by atoms with Gasteiger partial charge in [-0.05, 0) is 139 Å². The number of anilines is 3. The summed E-state index contributed by atoms with van der Waals surface area (Å²) < 4.78 is 54.7. The van der Waals surface area contributed by atoms with E-state index in [9.17, 15) is 43.2 Å². The quantitative estimate of drug-likeness (QED) is 0.0245. The van der Waals surface area contributed by atoms with E-state index >= 15 is 0 Å². The maximum Gasteiger partial charge on any atom is 0.298 e. The molecule has 6 saturated heterocycles. The van der Waals surface area contributed by atoms with Crippen LogP contribution in [-0.4, -0.2) is 307 Å². The minimum atomic E-state index is -0.396. The van der Waals surface area contributed by atoms with Crippen molar-refractivity contribution >= 4 is 156 Å². The number of carbonyl (C=O) groups excluding carboxylic acids is 6. The first-order valence-corrected chi connectivity index (χ1v) is 49.7. The summed E-state index contributed by atoms with van der Waals surface area (Å²) >= 11 is 40.7. The number of hydrogen-bond acceptors (Lipinski definition) is 30. The Morgan fingerprint density at radius 1 is 0.421 bits per heavy atom. The Morgan fingerprint density at radius 2 is 0.738 bits per heavy atom. The summed E-state index contributed by atoms with van der Waals surface area (Å²) in [7, 11) is 14.8. The van der Waals surface area contributed by atoms with E-state index in [-0.39, 0.29) is 201 Å². The average molecular weight is 2110 g/mol. The predicted octanol–water partition coefficient (Wildman–Crippen LogP) is 13.2. The first kappa shape index (κ1) is 110. The van der Waals surface area contributed by atoms with Crippen LogP contribution in [0.2, 0.25) is 30.1 Å². The molecule has 0 radical (unpaired) electrons. The van der Waals surface area contributed by atoms with Crippen molar-refractivity contribution in [2.24, 2.45) is 17.8 Å². The molecule has 0 aliphatic carbocycles. The van der Waals surface area contributed by atoms with Crippen molar-refractivity contribution in [3.63, 3.8) is 0 Å². The number of piperazine rings is 3. The molecule has 6 aliphatic heterocycles. The molecule has 12 heterocycles. The van der Waals surface area contributed by atoms with Crippen molar-refractivity contribution in [3.05, 3.63) is 179 Å². The number of allylic oxidation sites excluding steroid dienone is 3. The number of methoxy groups -OCH3 is 6. The lowest BCUT2D eigenvalue weighted by Crippen LogP contribution is -2.54. The number of ether oxygens (including phenoxy) is 9. The van der Waals surface area contributed by atoms with Crippen LogP contribution in [0.3, 0.4) is 0 Å². The monoisotopic (exact) mass is 2110 g/mol. The second kappa shape index (κ2) is 50.8. The van der Waals surface area contributed by atoms with Crippen LogP contribution in [0.25, 0.3) is 66.5 Å². The zero-order chi connectivity index (χ0) is 104. The maximum absolute atomic E-state index is 14.5. The number of ketones is 3. The van der Waals surface area contributed by atoms with E-state index in [2.05, 4.69) is 90.3 Å². The number of amides is 3. The number of fused-ring (bicyclic) bond motifs is 3. The van der Waals surface area contributed by atoms with Crippen molar-refractivity contribution in [2.75, 3.05) is 178 Å². The zero-order valence-electron chi connectivity index (χ0n) is 82.7. The Morgan fingerprint density at radius 3 is 1.05 bits per heavy atom. The number of halogens is 6. The lowest BCUT2D eigenvalue weighted by molar-refractivity contribution is -0.131. The van der Waals surface area contributed by atoms with Crippen molar-refractivity contribution in [3.8, 4) is 79.7 Å². The normalized spacial score (nSPS) is 19.8. The number of rotatable bonds is 35. The molecule has 3 N–H and O–H groups in total. The summed E-state index contributed by atoms with van der Waals surface area (Å²) in [5, 5.41) is 12.7. The van der Waals surface area contributed by atoms with Crippen molar-refractivity contribution in [1.29, 1.82) is 0 Å². The van der Waals surface area contributed by atoms with Gasteiger partial charge in [0.05, 0.1) is 127 Å². The summed E-state index contributed by atoms with van der Waals surface area (Å²) in [5.41, 5.74) is 1.47. The largest absolute Gasteiger partial charge is 0.495 e. The maximum atomic E-state index is 14.5. The minimum Gasteiger partial charge on any atom is -0.495 e. The number of nitrogens with zero attached hydrogens (tertiary/aromatic N) is 15. The standard InChI is InChI=1S/C35H40Cl2N6O6.2C34H40Cl2N6O6/c1-6-8-29(45)42-13-12-41(3)23(19-42)9-11-43-33-22(16-25(34(43)46)30-31(36)27(47-4)17-28(48-5)32(30)37)18-38-35(40-33)39-26-20-49-14-10-21(26)15-24(44)7-2;1-6-23(43)14-20-9-13-48-19-25(20)38-34-37-17-21-15-24(29-30(35)26(46-4)16-27(47-5)31(29)36)33(45)42(32(21)39-34)10-8-22-18-41(28(44)7-2)12-11-40(22)3;1-6-23(43)14-20-9-13-48-19-25(20)38-34-37-17-21-15-24(29-30(35)26(46-4)16-27(47-5)31(29)36)33(45)42(32(21)39-34)10-8-22-18-40(3)11-12-41(22)28(44)7-2/h7,16-18,21,23,26H,2,9-15,19-20H2,1,3-5H3,(H,38,39,40);2*6-7,15-17,20,22,25H,1-2,8-14,18-19H2,3-5H3,(H,37,38,39)/t21-,23?,26-;2*20-,22?,25-/m111/s1. The number of benzene rings is 3. The summed E-state index contributed by atoms with van der Waals surface area (Å²) in [6.07, 6.45) is 16.1. The van der Waals surface area contributed by atoms with Gasteiger partial charge >= 0.3 is 0 Å². The van der Waals surface area contributed by atoms with Crippen LogP contribution in [0.5, 0.6) is 34.5 Å². The fraction of sp³-hybridized carbons (Fsp3) is 0.447. The Balaban J connectivity index is 0.000000182. The molecule has 9 atom stereocenters. The van der Waals surface area contributed by atoms with Crippen LogP contribution < -0.4 is 61.0 Å². The molecule has 3 aromatic carbocycles. The highest BCUT2D eigenvalue weighted by Gasteiger charge is 2.38. The third kappa shape index (κ3) is 25.6. The van der Waals surface area contributed by atoms with Crippen LogP contribution in [-0.2, 0) is 62.6 Å². The van der Waals surface area contributed by atoms with E-state index in [4.69, 9.17) is 127 Å². The molecule has 9 aromatic rings. The summed E-state index contributed by atoms with van der Waals surface area (Å²) in [6, 6.07) is 8.75. The van der Waals surface area contributed by atoms with Gasteiger partial charge in [-0.2, -0.15) is 15.0 Å². The van der Waals surface area contributed by atoms with Gasteiger partial charge in [-0.15, -0.1) is 0 Å². The van der Waals surface area contributed by atoms with Crippen molar-refractivity contribution in [1.82, 2.24) is 73.0 Å². The molecule has 0 saturated carbocycles. The topological polar surface area (TPSA) is 384 Å². The van der Waals surface area contributed by atoms with Gasteiger partial charge in [0.15, 0.2) is 17.3 Å². The summed E-state index contributed by atoms with van der Waals surface area (Å²) in [6.45, 7) is 28.7. The van der Waals surface area contributed by atoms with E-state index in [1.54, 1.807) is 90.3 Å². The highest BCUT2D eigenvalue weighted by atomic mass is 35.5. The van der Waals surface area contributed by atoms with Gasteiger partial charge in [0.2, 0.25) is 29.7 Å². The Labute approximate surface area is 870 Å². The second-order valence-corrected chi connectivity index (χ2v) is 38.2. The van der Waals surface area contributed by atoms with Crippen LogP contribution in [0, 0.1) is 29.6 Å². The first-order chi connectivity index (χ1) is 69.8. The number of likely N-dealkylation sites (N-methyl/N-ethyl adjacent to an activating group) is 3. The van der Waals surface area contributed by atoms with E-state index < -0.39 is 5.56 Å². The molecular weight excluding hydrogens is 1990 g/mol. The van der Waals surface area contributed by atoms with Gasteiger partial charge in [-0.1, -0.05) is 108 Å². The number of hydrogen-bond donors (Lipinski definition) is 3. The molecule has 15 rings (SSSR count). The van der Waals surface area contributed by atoms with Gasteiger partial charge in [0.1, 0.15) is 51.4 Å². The Kier molecular flexibility index (Phi) is 38.6. The average Bonchev–Trinajstić information content (AvgIpc) is 0.756. The summed E-state index contributed by atoms with van der Waals surface area (Å²) in [5.74, 6) is 7.33. The number of aryl methyl sites for hydroxylation is 3. The molecule has 6 aliphatic rings. The highest BCUT2D eigenvalue weighted by Crippen LogP contribution is 2.49. The Hall–Kier alpha value is -12.1. The molecule has 0 bridgehead atoms. The molecule has 6 aromatic heterocycles. The summed E-state index contributed by atoms with van der Waals surface area (Å²) in [4.78, 5) is 158. The molecule has 772 valence electrons. The molecule has 3 unspecified atom stereocenters. The number of carbonyl (C=O) groups is 6. The number of nitrogens with one attached hydrogen (secondary N) is 3. The van der Waals surface area contributed by atoms with Gasteiger partial charge in [0.25, 0.3) is 22.6 Å². The first-order valence-electron chi connectivity index (χ1n) is 47.5. The van der Waals surface area contributed by atoms with Crippen molar-refractivity contribution in [2.45, 2.75) is 121 Å². The van der Waals surface area contributed by atoms with Gasteiger partial charge in [-0.25, -0.2) is 15.0 Å². The SMILES string of the molecule is C=CC(=O)C[C@H]1CCOC[C@H]1Nc1ncc2cc(-c3c(Cl)c(OC)cc(OC)c3Cl)c(=O)n(CCC3CN(C(=O)C#CC)CCN3C)c2n1.C=CC(=O)C[C@H]1CCOC[C@H]1Nc1ncc2cc(-c3c(Cl)c(OC)cc(OC)c3Cl)c(=O)n(CCC3CN(C(=O)C=C)CCN3C)c2n1.C=CC(=O)C[C@H]1CCOC[C@H]1Nc1ncc2cc(-c3c(Cl)c(OC)cc(OC)c3Cl)c(=O)n(CCC3CN(C)CCN3C(=O)C=C)c2n1. The lowest BCUT2D eigenvalue weighted by Gasteiger charge is -2.39. The lowest BCUT2D eigenvalue weighted by atomic mass is 9.90. The smallest absolute Gasteiger partial charge is 0.298 e. The molecular formula is C103H120Cl6N18O18. The van der Waals surface area contributed by atoms with Crippen molar-refractivity contribution < 1.29 is 71.4 Å². The van der Waals surface area contributed by atoms with Crippen LogP contribution in [0.4, 0.5) is 17.8 Å². The molecule has 36 nitrogen and oxygen atoms in total. The van der Waals surface area contributed by atoms with E-state index in [0.29, 0.717) is 218 Å². The van der Waals surface area contributed by atoms with E-state index in [0.717, 1.165) is 6.54 Å². The number of aromatic nitrogens is 9. The van der Waals surface area contributed by atoms with Crippen LogP contribution in [0.15, 0.2) is 133 Å². The zero-order valence-corrected chi connectivity index (χ0v) is 87.3. The van der Waals surface area contributed by atoms with Gasteiger partial charge in [-0.3, -0.25) is 66.7 Å². The molecule has 3 amide bonds. The fourth-order valence-corrected chi connectivity index (χ4v) is 21.1. The van der Waals surface area contributed by atoms with E-state index in [1.165, 1.54) is 73.0 Å².